The van der Waals surface area contributed by atoms with Crippen LogP contribution < -0.4 is 21.3 Å². The Morgan fingerprint density at radius 2 is 1.83 bits per heavy atom. The van der Waals surface area contributed by atoms with Gasteiger partial charge in [0, 0.05) is 45.3 Å². The van der Waals surface area contributed by atoms with Gasteiger partial charge in [-0.1, -0.05) is 0 Å². The molecule has 6 nitrogen and oxygen atoms in total. The van der Waals surface area contributed by atoms with Crippen molar-refractivity contribution in [3.05, 3.63) is 0 Å². The van der Waals surface area contributed by atoms with Gasteiger partial charge in [-0.3, -0.25) is 10.1 Å². The van der Waals surface area contributed by atoms with Crippen molar-refractivity contribution in [1.82, 2.24) is 21.3 Å². The highest BCUT2D eigenvalue weighted by atomic mass is 16.4. The minimum atomic E-state index is -0.788. The van der Waals surface area contributed by atoms with Crippen LogP contribution in [0.15, 0.2) is 0 Å². The largest absolute Gasteiger partial charge is 0.480 e. The van der Waals surface area contributed by atoms with Gasteiger partial charge in [-0.2, -0.15) is 0 Å². The second-order valence-electron chi connectivity index (χ2n) is 5.25. The van der Waals surface area contributed by atoms with Gasteiger partial charge >= 0.3 is 5.97 Å². The maximum absolute atomic E-state index is 11.6. The lowest BCUT2D eigenvalue weighted by Gasteiger charge is -2.39. The molecule has 0 amide bonds. The number of rotatable bonds is 1. The number of nitrogens with one attached hydrogen (secondary N) is 4. The van der Waals surface area contributed by atoms with E-state index >= 15 is 0 Å². The Balaban J connectivity index is 2.02. The molecule has 0 radical (unpaired) electrons. The second-order valence-corrected chi connectivity index (χ2v) is 5.25. The zero-order chi connectivity index (χ0) is 12.8. The van der Waals surface area contributed by atoms with Crippen molar-refractivity contribution >= 4 is 5.97 Å². The van der Waals surface area contributed by atoms with Crippen LogP contribution in [0.2, 0.25) is 0 Å². The summed E-state index contributed by atoms with van der Waals surface area (Å²) in [5.74, 6) is -0.732. The number of carbonyl (C=O) groups is 1. The summed E-state index contributed by atoms with van der Waals surface area (Å²) < 4.78 is 0. The van der Waals surface area contributed by atoms with Crippen LogP contribution in [0.25, 0.3) is 0 Å². The Morgan fingerprint density at radius 3 is 2.61 bits per heavy atom. The second kappa shape index (κ2) is 6.47. The zero-order valence-electron chi connectivity index (χ0n) is 10.8. The van der Waals surface area contributed by atoms with Crippen molar-refractivity contribution in [2.75, 3.05) is 39.3 Å². The number of hydrogen-bond acceptors (Lipinski definition) is 5. The van der Waals surface area contributed by atoms with E-state index in [0.29, 0.717) is 13.0 Å². The number of piperidine rings is 1. The Kier molecular flexibility index (Phi) is 4.94. The summed E-state index contributed by atoms with van der Waals surface area (Å²) >= 11 is 0. The summed E-state index contributed by atoms with van der Waals surface area (Å²) in [4.78, 5) is 11.6. The summed E-state index contributed by atoms with van der Waals surface area (Å²) in [6, 6.07) is 0.260. The molecule has 2 heterocycles. The first kappa shape index (κ1) is 13.7. The summed E-state index contributed by atoms with van der Waals surface area (Å²) in [6.07, 6.45) is 2.74. The van der Waals surface area contributed by atoms with Crippen LogP contribution in [0.3, 0.4) is 0 Å². The van der Waals surface area contributed by atoms with Crippen LogP contribution in [-0.4, -0.2) is 61.9 Å². The van der Waals surface area contributed by atoms with Crippen molar-refractivity contribution < 1.29 is 9.90 Å². The highest BCUT2D eigenvalue weighted by molar-refractivity contribution is 5.79. The Hall–Kier alpha value is -0.690. The van der Waals surface area contributed by atoms with E-state index in [1.807, 2.05) is 0 Å². The molecular weight excluding hydrogens is 232 g/mol. The normalized spacial score (nSPS) is 35.2. The van der Waals surface area contributed by atoms with Crippen molar-refractivity contribution in [3.8, 4) is 0 Å². The predicted molar refractivity (Wildman–Crippen MR) is 69.8 cm³/mol. The summed E-state index contributed by atoms with van der Waals surface area (Å²) in [5, 5.41) is 22.8. The van der Waals surface area contributed by atoms with E-state index in [2.05, 4.69) is 21.3 Å². The third kappa shape index (κ3) is 3.41. The third-order valence-corrected chi connectivity index (χ3v) is 3.82. The predicted octanol–water partition coefficient (Wildman–Crippen LogP) is -1.27. The molecule has 104 valence electrons. The molecule has 2 rings (SSSR count). The molecule has 0 aromatic heterocycles. The molecule has 0 saturated carbocycles. The Bertz CT molecular complexity index is 287. The molecule has 0 aromatic rings. The van der Waals surface area contributed by atoms with Gasteiger partial charge in [0.25, 0.3) is 0 Å². The van der Waals surface area contributed by atoms with Crippen molar-refractivity contribution in [3.63, 3.8) is 0 Å². The molecule has 0 spiro atoms. The molecule has 0 aromatic carbocycles. The number of aliphatic carboxylic acids is 1. The lowest BCUT2D eigenvalue weighted by atomic mass is 9.85. The van der Waals surface area contributed by atoms with Gasteiger partial charge in [0.2, 0.25) is 0 Å². The maximum atomic E-state index is 11.6. The quantitative estimate of drug-likeness (QED) is 0.402. The van der Waals surface area contributed by atoms with Gasteiger partial charge in [0.05, 0.1) is 0 Å². The molecule has 2 aliphatic rings. The van der Waals surface area contributed by atoms with Crippen LogP contribution in [0.5, 0.6) is 0 Å². The summed E-state index contributed by atoms with van der Waals surface area (Å²) in [7, 11) is 0. The number of fused-ring (bicyclic) bond motifs is 2. The molecule has 18 heavy (non-hydrogen) atoms. The zero-order valence-corrected chi connectivity index (χ0v) is 10.8. The molecule has 6 heteroatoms. The van der Waals surface area contributed by atoms with Crippen LogP contribution in [0, 0.1) is 0 Å². The molecule has 2 fully saturated rings. The molecule has 2 unspecified atom stereocenters. The highest BCUT2D eigenvalue weighted by Crippen LogP contribution is 2.22. The first-order valence-corrected chi connectivity index (χ1v) is 6.86. The van der Waals surface area contributed by atoms with Crippen LogP contribution in [0.1, 0.15) is 19.3 Å². The van der Waals surface area contributed by atoms with Gasteiger partial charge in [-0.15, -0.1) is 0 Å². The fourth-order valence-electron chi connectivity index (χ4n) is 2.78. The minimum absolute atomic E-state index is 0.260. The van der Waals surface area contributed by atoms with Gasteiger partial charge in [-0.25, -0.2) is 0 Å². The Labute approximate surface area is 108 Å². The monoisotopic (exact) mass is 256 g/mol. The van der Waals surface area contributed by atoms with Crippen molar-refractivity contribution in [2.45, 2.75) is 30.8 Å². The third-order valence-electron chi connectivity index (χ3n) is 3.82. The molecule has 0 aliphatic carbocycles. The number of carboxylic acids is 1. The van der Waals surface area contributed by atoms with Gasteiger partial charge in [0.15, 0.2) is 0 Å². The molecule has 2 saturated heterocycles. The van der Waals surface area contributed by atoms with Gasteiger partial charge in [0.1, 0.15) is 5.54 Å². The van der Waals surface area contributed by atoms with Crippen LogP contribution in [0.4, 0.5) is 0 Å². The van der Waals surface area contributed by atoms with E-state index in [0.717, 1.165) is 45.6 Å². The summed E-state index contributed by atoms with van der Waals surface area (Å²) in [5.41, 5.74) is -0.788. The number of hydrogen-bond donors (Lipinski definition) is 5. The smallest absolute Gasteiger partial charge is 0.325 e. The van der Waals surface area contributed by atoms with E-state index in [4.69, 9.17) is 0 Å². The number of carboxylic acid groups (broad SMARTS) is 1. The van der Waals surface area contributed by atoms with Crippen molar-refractivity contribution in [1.29, 1.82) is 0 Å². The SMILES string of the molecule is O=C(O)C12CCCC(CNCCNCCNC1)N2. The van der Waals surface area contributed by atoms with Crippen LogP contribution >= 0.6 is 0 Å². The highest BCUT2D eigenvalue weighted by Gasteiger charge is 2.41. The lowest BCUT2D eigenvalue weighted by Crippen LogP contribution is -2.65. The maximum Gasteiger partial charge on any atom is 0.325 e. The fraction of sp³-hybridized carbons (Fsp3) is 0.917. The van der Waals surface area contributed by atoms with Gasteiger partial charge < -0.3 is 21.1 Å². The van der Waals surface area contributed by atoms with Crippen molar-refractivity contribution in [2.24, 2.45) is 0 Å². The molecular formula is C12H24N4O2. The lowest BCUT2D eigenvalue weighted by molar-refractivity contribution is -0.146. The fourth-order valence-corrected chi connectivity index (χ4v) is 2.78. The van der Waals surface area contributed by atoms with E-state index in [1.54, 1.807) is 0 Å². The molecule has 2 aliphatic heterocycles. The van der Waals surface area contributed by atoms with Gasteiger partial charge in [-0.05, 0) is 19.3 Å². The van der Waals surface area contributed by atoms with E-state index in [1.165, 1.54) is 0 Å². The average Bonchev–Trinajstić information content (AvgIpc) is 2.35. The standard InChI is InChI=1S/C12H24N4O2/c17-11(18)12-3-1-2-10(16-12)8-14-6-4-13-5-7-15-9-12/h10,13-16H,1-9H2,(H,17,18). The Morgan fingerprint density at radius 1 is 1.11 bits per heavy atom. The minimum Gasteiger partial charge on any atom is -0.480 e. The first-order chi connectivity index (χ1) is 8.73. The first-order valence-electron chi connectivity index (χ1n) is 6.86. The summed E-state index contributed by atoms with van der Waals surface area (Å²) in [6.45, 7) is 4.91. The van der Waals surface area contributed by atoms with E-state index in [9.17, 15) is 9.90 Å². The molecule has 5 N–H and O–H groups in total. The van der Waals surface area contributed by atoms with Crippen LogP contribution in [-0.2, 0) is 4.79 Å². The molecule has 2 atom stereocenters. The molecule has 2 bridgehead atoms. The average molecular weight is 256 g/mol. The topological polar surface area (TPSA) is 85.4 Å². The van der Waals surface area contributed by atoms with E-state index < -0.39 is 11.5 Å². The van der Waals surface area contributed by atoms with E-state index in [-0.39, 0.29) is 6.04 Å².